The molecule has 0 spiro atoms. The van der Waals surface area contributed by atoms with Crippen LogP contribution < -0.4 is 15.0 Å². The zero-order valence-corrected chi connectivity index (χ0v) is 16.1. The summed E-state index contributed by atoms with van der Waals surface area (Å²) in [5.41, 5.74) is 2.37. The van der Waals surface area contributed by atoms with Crippen molar-refractivity contribution in [2.45, 2.75) is 32.9 Å². The van der Waals surface area contributed by atoms with Crippen LogP contribution in [0.25, 0.3) is 0 Å². The number of H-pyrrole nitrogens is 1. The molecule has 2 N–H and O–H groups in total. The average Bonchev–Trinajstić information content (AvgIpc) is 3.26. The highest BCUT2D eigenvalue weighted by Crippen LogP contribution is 2.41. The summed E-state index contributed by atoms with van der Waals surface area (Å²) in [5.74, 6) is 1.26. The Labute approximate surface area is 163 Å². The molecule has 3 aromatic heterocycles. The van der Waals surface area contributed by atoms with Crippen molar-refractivity contribution in [3.8, 4) is 5.88 Å². The number of pyridine rings is 2. The zero-order chi connectivity index (χ0) is 19.7. The predicted molar refractivity (Wildman–Crippen MR) is 105 cm³/mol. The molecule has 1 aliphatic rings. The fraction of sp³-hybridized carbons (Fsp3) is 0.300. The van der Waals surface area contributed by atoms with E-state index in [2.05, 4.69) is 25.5 Å². The van der Waals surface area contributed by atoms with Crippen LogP contribution in [-0.2, 0) is 12.1 Å². The number of amides is 1. The number of hydrogen-bond acceptors (Lipinski definition) is 6. The molecule has 144 valence electrons. The van der Waals surface area contributed by atoms with Crippen LogP contribution in [0.3, 0.4) is 0 Å². The van der Waals surface area contributed by atoms with Crippen molar-refractivity contribution in [1.29, 1.82) is 0 Å². The molecule has 0 aliphatic carbocycles. The van der Waals surface area contributed by atoms with Gasteiger partial charge < -0.3 is 10.1 Å². The minimum absolute atomic E-state index is 0.0870. The smallest absolute Gasteiger partial charge is 0.261 e. The molecular formula is C20H22N6O2. The second kappa shape index (κ2) is 6.95. The standard InChI is InChI=1S/C20H22N6O2/c1-4-28-17-6-5-15-18(24-17)20(2,3)26(19(15)27)14-9-13(10-21-12-14)11-22-16-7-8-23-25-16/h5-10,12H,4,11H2,1-3H3,(H2,22,23,25). The van der Waals surface area contributed by atoms with Crippen LogP contribution >= 0.6 is 0 Å². The summed E-state index contributed by atoms with van der Waals surface area (Å²) in [6.07, 6.45) is 5.16. The van der Waals surface area contributed by atoms with Gasteiger partial charge in [0.1, 0.15) is 5.82 Å². The molecule has 0 saturated heterocycles. The van der Waals surface area contributed by atoms with Crippen LogP contribution in [0.5, 0.6) is 5.88 Å². The maximum absolute atomic E-state index is 13.1. The molecule has 0 saturated carbocycles. The van der Waals surface area contributed by atoms with Gasteiger partial charge in [0.2, 0.25) is 5.88 Å². The molecule has 8 heteroatoms. The highest BCUT2D eigenvalue weighted by molar-refractivity contribution is 6.11. The summed E-state index contributed by atoms with van der Waals surface area (Å²) in [6.45, 7) is 6.96. The van der Waals surface area contributed by atoms with Gasteiger partial charge in [0.15, 0.2) is 0 Å². The second-order valence-electron chi connectivity index (χ2n) is 7.05. The lowest BCUT2D eigenvalue weighted by molar-refractivity contribution is 0.0982. The fourth-order valence-corrected chi connectivity index (χ4v) is 3.47. The van der Waals surface area contributed by atoms with Gasteiger partial charge in [0, 0.05) is 18.8 Å². The molecule has 4 heterocycles. The van der Waals surface area contributed by atoms with Crippen LogP contribution in [-0.4, -0.2) is 32.7 Å². The van der Waals surface area contributed by atoms with Crippen molar-refractivity contribution in [2.24, 2.45) is 0 Å². The molecule has 0 fully saturated rings. The van der Waals surface area contributed by atoms with Gasteiger partial charge >= 0.3 is 0 Å². The third kappa shape index (κ3) is 3.06. The van der Waals surface area contributed by atoms with E-state index in [4.69, 9.17) is 4.74 Å². The highest BCUT2D eigenvalue weighted by Gasteiger charge is 2.45. The number of rotatable bonds is 6. The molecule has 3 aromatic rings. The number of hydrogen-bond donors (Lipinski definition) is 2. The summed E-state index contributed by atoms with van der Waals surface area (Å²) in [6, 6.07) is 7.34. The van der Waals surface area contributed by atoms with Crippen molar-refractivity contribution in [2.75, 3.05) is 16.8 Å². The van der Waals surface area contributed by atoms with Crippen molar-refractivity contribution in [3.63, 3.8) is 0 Å². The maximum atomic E-state index is 13.1. The number of aromatic amines is 1. The molecule has 0 bridgehead atoms. The van der Waals surface area contributed by atoms with Gasteiger partial charge in [-0.3, -0.25) is 19.8 Å². The summed E-state index contributed by atoms with van der Waals surface area (Å²) >= 11 is 0. The lowest BCUT2D eigenvalue weighted by Gasteiger charge is -2.31. The normalized spacial score (nSPS) is 14.8. The minimum atomic E-state index is -0.614. The summed E-state index contributed by atoms with van der Waals surface area (Å²) in [7, 11) is 0. The van der Waals surface area contributed by atoms with Gasteiger partial charge in [-0.2, -0.15) is 5.10 Å². The number of fused-ring (bicyclic) bond motifs is 1. The number of carbonyl (C=O) groups is 1. The Morgan fingerprint density at radius 2 is 2.11 bits per heavy atom. The molecule has 28 heavy (non-hydrogen) atoms. The van der Waals surface area contributed by atoms with E-state index in [1.807, 2.05) is 32.9 Å². The maximum Gasteiger partial charge on any atom is 0.261 e. The Morgan fingerprint density at radius 1 is 1.25 bits per heavy atom. The molecule has 1 aliphatic heterocycles. The molecule has 0 atom stereocenters. The van der Waals surface area contributed by atoms with Gasteiger partial charge in [0.05, 0.1) is 41.5 Å². The summed E-state index contributed by atoms with van der Waals surface area (Å²) < 4.78 is 5.52. The first-order valence-electron chi connectivity index (χ1n) is 9.16. The zero-order valence-electron chi connectivity index (χ0n) is 16.1. The van der Waals surface area contributed by atoms with Crippen molar-refractivity contribution in [3.05, 3.63) is 59.7 Å². The SMILES string of the molecule is CCOc1ccc2c(n1)C(C)(C)N(c1cncc(CNc3ccn[nH]3)c1)C2=O. The Bertz CT molecular complexity index is 1000. The Balaban J connectivity index is 1.63. The van der Waals surface area contributed by atoms with E-state index < -0.39 is 5.54 Å². The van der Waals surface area contributed by atoms with E-state index in [1.165, 1.54) is 0 Å². The van der Waals surface area contributed by atoms with Crippen LogP contribution in [0.1, 0.15) is 42.4 Å². The quantitative estimate of drug-likeness (QED) is 0.684. The summed E-state index contributed by atoms with van der Waals surface area (Å²) in [4.78, 5) is 23.8. The lowest BCUT2D eigenvalue weighted by atomic mass is 9.99. The van der Waals surface area contributed by atoms with Crippen LogP contribution in [0.15, 0.2) is 42.9 Å². The minimum Gasteiger partial charge on any atom is -0.478 e. The Hall–Kier alpha value is -3.42. The first-order chi connectivity index (χ1) is 13.5. The van der Waals surface area contributed by atoms with E-state index in [9.17, 15) is 4.79 Å². The molecule has 8 nitrogen and oxygen atoms in total. The van der Waals surface area contributed by atoms with Crippen molar-refractivity contribution >= 4 is 17.4 Å². The fourth-order valence-electron chi connectivity index (χ4n) is 3.47. The summed E-state index contributed by atoms with van der Waals surface area (Å²) in [5, 5.41) is 10.0. The van der Waals surface area contributed by atoms with E-state index in [1.54, 1.807) is 35.6 Å². The first-order valence-corrected chi connectivity index (χ1v) is 9.16. The van der Waals surface area contributed by atoms with Crippen LogP contribution in [0, 0.1) is 0 Å². The average molecular weight is 378 g/mol. The van der Waals surface area contributed by atoms with Crippen molar-refractivity contribution < 1.29 is 9.53 Å². The first kappa shape index (κ1) is 18.0. The highest BCUT2D eigenvalue weighted by atomic mass is 16.5. The number of ether oxygens (including phenoxy) is 1. The van der Waals surface area contributed by atoms with E-state index in [0.717, 1.165) is 17.1 Å². The molecule has 0 radical (unpaired) electrons. The number of anilines is 2. The van der Waals surface area contributed by atoms with Gasteiger partial charge in [0.25, 0.3) is 5.91 Å². The number of nitrogens with zero attached hydrogens (tertiary/aromatic N) is 4. The van der Waals surface area contributed by atoms with Gasteiger partial charge in [-0.05, 0) is 44.5 Å². The van der Waals surface area contributed by atoms with E-state index >= 15 is 0 Å². The largest absolute Gasteiger partial charge is 0.478 e. The van der Waals surface area contributed by atoms with Crippen LogP contribution in [0.2, 0.25) is 0 Å². The lowest BCUT2D eigenvalue weighted by Crippen LogP contribution is -2.39. The van der Waals surface area contributed by atoms with Crippen molar-refractivity contribution in [1.82, 2.24) is 20.2 Å². The Morgan fingerprint density at radius 3 is 2.86 bits per heavy atom. The predicted octanol–water partition coefficient (Wildman–Crippen LogP) is 3.11. The molecule has 0 aromatic carbocycles. The molecular weight excluding hydrogens is 356 g/mol. The molecule has 1 amide bonds. The monoisotopic (exact) mass is 378 g/mol. The van der Waals surface area contributed by atoms with Gasteiger partial charge in [-0.25, -0.2) is 4.98 Å². The van der Waals surface area contributed by atoms with E-state index in [-0.39, 0.29) is 5.91 Å². The third-order valence-corrected chi connectivity index (χ3v) is 4.76. The number of carbonyl (C=O) groups excluding carboxylic acids is 1. The number of aromatic nitrogens is 4. The second-order valence-corrected chi connectivity index (χ2v) is 7.05. The van der Waals surface area contributed by atoms with E-state index in [0.29, 0.717) is 30.3 Å². The third-order valence-electron chi connectivity index (χ3n) is 4.76. The van der Waals surface area contributed by atoms with Gasteiger partial charge in [-0.1, -0.05) is 0 Å². The van der Waals surface area contributed by atoms with Gasteiger partial charge in [-0.15, -0.1) is 0 Å². The van der Waals surface area contributed by atoms with Crippen LogP contribution in [0.4, 0.5) is 11.5 Å². The molecule has 0 unspecified atom stereocenters. The Kier molecular flexibility index (Phi) is 4.46. The molecule has 4 rings (SSSR count). The topological polar surface area (TPSA) is 96.0 Å². The number of nitrogens with one attached hydrogen (secondary N) is 2.